The Morgan fingerprint density at radius 3 is 2.87 bits per heavy atom. The molecule has 0 unspecified atom stereocenters. The molecular weight excluding hydrogens is 182 g/mol. The van der Waals surface area contributed by atoms with Crippen molar-refractivity contribution >= 4 is 0 Å². The van der Waals surface area contributed by atoms with Gasteiger partial charge in [0.25, 0.3) is 0 Å². The summed E-state index contributed by atoms with van der Waals surface area (Å²) in [5.41, 5.74) is 2.74. The maximum atomic E-state index is 3.41. The van der Waals surface area contributed by atoms with E-state index < -0.39 is 0 Å². The number of hydrogen-bond donors (Lipinski definition) is 1. The lowest BCUT2D eigenvalue weighted by molar-refractivity contribution is 0.372. The van der Waals surface area contributed by atoms with Gasteiger partial charge in [-0.3, -0.25) is 0 Å². The molecule has 1 heteroatoms. The van der Waals surface area contributed by atoms with Crippen molar-refractivity contribution in [1.82, 2.24) is 5.32 Å². The molecule has 0 saturated carbocycles. The third-order valence-corrected chi connectivity index (χ3v) is 3.19. The minimum Gasteiger partial charge on any atom is -0.317 e. The molecule has 81 valence electrons. The van der Waals surface area contributed by atoms with Gasteiger partial charge in [-0.2, -0.15) is 0 Å². The summed E-state index contributed by atoms with van der Waals surface area (Å²) in [6, 6.07) is 8.76. The molecule has 1 aliphatic heterocycles. The second-order valence-corrected chi connectivity index (χ2v) is 4.55. The third kappa shape index (κ3) is 3.35. The van der Waals surface area contributed by atoms with Gasteiger partial charge in [0.05, 0.1) is 0 Å². The number of benzene rings is 1. The molecule has 15 heavy (non-hydrogen) atoms. The van der Waals surface area contributed by atoms with Crippen LogP contribution >= 0.6 is 0 Å². The van der Waals surface area contributed by atoms with Gasteiger partial charge in [0.2, 0.25) is 0 Å². The normalized spacial score (nSPS) is 17.9. The fraction of sp³-hybridized carbons (Fsp3) is 0.500. The molecule has 0 amide bonds. The van der Waals surface area contributed by atoms with Gasteiger partial charge in [0, 0.05) is 0 Å². The Labute approximate surface area is 92.9 Å². The Kier molecular flexibility index (Phi) is 3.79. The van der Waals surface area contributed by atoms with E-state index in [4.69, 9.17) is 0 Å². The highest BCUT2D eigenvalue weighted by atomic mass is 14.9. The molecule has 1 fully saturated rings. The average molecular weight is 202 g/mol. The molecule has 1 aromatic carbocycles. The molecule has 2 rings (SSSR count). The van der Waals surface area contributed by atoms with Crippen LogP contribution in [0.15, 0.2) is 24.3 Å². The number of aryl methyl sites for hydroxylation is 1. The van der Waals surface area contributed by atoms with Crippen molar-refractivity contribution in [3.63, 3.8) is 0 Å². The summed E-state index contributed by atoms with van der Waals surface area (Å²) >= 11 is 0. The summed E-state index contributed by atoms with van der Waals surface area (Å²) in [7, 11) is 0. The molecule has 0 aliphatic carbocycles. The van der Waals surface area contributed by atoms with Gasteiger partial charge < -0.3 is 5.32 Å². The minimum absolute atomic E-state index is 0.895. The summed E-state index contributed by atoms with van der Waals surface area (Å²) in [5.74, 6) is 0.895. The molecule has 0 bridgehead atoms. The van der Waals surface area contributed by atoms with Crippen LogP contribution in [0.5, 0.6) is 0 Å². The second kappa shape index (κ2) is 5.32. The summed E-state index contributed by atoms with van der Waals surface area (Å²) in [6.07, 6.45) is 6.30. The summed E-state index contributed by atoms with van der Waals surface area (Å²) < 4.78 is 0. The largest absolute Gasteiger partial charge is 0.317 e. The molecule has 0 atom stereocenters. The zero-order valence-corrected chi connectivity index (χ0v) is 9.50. The van der Waals surface area contributed by atoms with E-state index in [9.17, 15) is 0 Å². The topological polar surface area (TPSA) is 12.0 Å². The quantitative estimate of drug-likeness (QED) is 0.794. The molecule has 1 aromatic rings. The first kappa shape index (κ1) is 10.7. The van der Waals surface area contributed by atoms with Crippen LogP contribution in [0.2, 0.25) is 0 Å². The fourth-order valence-corrected chi connectivity index (χ4v) is 2.22. The van der Waals surface area contributed by atoms with Gasteiger partial charge in [0.1, 0.15) is 0 Å². The van der Waals surface area contributed by atoms with Crippen LogP contribution in [-0.4, -0.2) is 13.1 Å². The molecular formula is C14H20N. The van der Waals surface area contributed by atoms with Crippen molar-refractivity contribution in [2.75, 3.05) is 13.1 Å². The standard InChI is InChI=1S/C14H20N/c1-12-3-2-4-14(11-12)6-5-13-7-9-15-10-8-13/h2-4,6,11,13,15H,5,7-10H2,1H3. The molecule has 0 aromatic heterocycles. The van der Waals surface area contributed by atoms with Gasteiger partial charge in [-0.1, -0.05) is 29.8 Å². The van der Waals surface area contributed by atoms with E-state index in [0.717, 1.165) is 5.92 Å². The fourth-order valence-electron chi connectivity index (χ4n) is 2.22. The van der Waals surface area contributed by atoms with Crippen LogP contribution in [0.3, 0.4) is 0 Å². The first-order chi connectivity index (χ1) is 7.34. The van der Waals surface area contributed by atoms with Crippen molar-refractivity contribution in [2.24, 2.45) is 5.92 Å². The Balaban J connectivity index is 1.81. The van der Waals surface area contributed by atoms with Crippen LogP contribution in [0.4, 0.5) is 0 Å². The van der Waals surface area contributed by atoms with E-state index in [1.54, 1.807) is 0 Å². The monoisotopic (exact) mass is 202 g/mol. The Morgan fingerprint density at radius 1 is 1.33 bits per heavy atom. The van der Waals surface area contributed by atoms with Crippen LogP contribution in [0, 0.1) is 19.3 Å². The predicted octanol–water partition coefficient (Wildman–Crippen LogP) is 2.94. The molecule has 0 spiro atoms. The number of piperidine rings is 1. The molecule has 1 saturated heterocycles. The van der Waals surface area contributed by atoms with E-state index in [1.807, 2.05) is 0 Å². The number of hydrogen-bond acceptors (Lipinski definition) is 1. The van der Waals surface area contributed by atoms with Gasteiger partial charge in [-0.25, -0.2) is 0 Å². The van der Waals surface area contributed by atoms with E-state index in [0.29, 0.717) is 0 Å². The maximum Gasteiger partial charge on any atom is -0.00463 e. The van der Waals surface area contributed by atoms with Crippen LogP contribution in [0.1, 0.15) is 30.4 Å². The Hall–Kier alpha value is -0.820. The lowest BCUT2D eigenvalue weighted by Crippen LogP contribution is -2.27. The van der Waals surface area contributed by atoms with Gasteiger partial charge in [-0.05, 0) is 57.2 Å². The van der Waals surface area contributed by atoms with Gasteiger partial charge in [0.15, 0.2) is 0 Å². The van der Waals surface area contributed by atoms with Crippen molar-refractivity contribution in [1.29, 1.82) is 0 Å². The summed E-state index contributed by atoms with van der Waals surface area (Å²) in [4.78, 5) is 0. The zero-order chi connectivity index (χ0) is 10.5. The highest BCUT2D eigenvalue weighted by Gasteiger charge is 2.12. The lowest BCUT2D eigenvalue weighted by atomic mass is 9.91. The molecule has 1 nitrogen and oxygen atoms in total. The van der Waals surface area contributed by atoms with E-state index >= 15 is 0 Å². The van der Waals surface area contributed by atoms with Gasteiger partial charge >= 0.3 is 0 Å². The highest BCUT2D eigenvalue weighted by Crippen LogP contribution is 2.20. The maximum absolute atomic E-state index is 3.41. The zero-order valence-electron chi connectivity index (χ0n) is 9.50. The first-order valence-electron chi connectivity index (χ1n) is 5.95. The molecule has 1 heterocycles. The Bertz CT molecular complexity index is 300. The van der Waals surface area contributed by atoms with E-state index in [1.165, 1.54) is 43.5 Å². The third-order valence-electron chi connectivity index (χ3n) is 3.19. The smallest absolute Gasteiger partial charge is 0.00463 e. The highest BCUT2D eigenvalue weighted by molar-refractivity contribution is 5.27. The van der Waals surface area contributed by atoms with Crippen molar-refractivity contribution in [3.8, 4) is 0 Å². The van der Waals surface area contributed by atoms with Crippen molar-refractivity contribution in [2.45, 2.75) is 26.2 Å². The number of rotatable bonds is 3. The molecule has 1 radical (unpaired) electrons. The molecule has 1 aliphatic rings. The van der Waals surface area contributed by atoms with Crippen LogP contribution in [0.25, 0.3) is 0 Å². The van der Waals surface area contributed by atoms with Crippen molar-refractivity contribution < 1.29 is 0 Å². The second-order valence-electron chi connectivity index (χ2n) is 4.55. The average Bonchev–Trinajstić information content (AvgIpc) is 2.28. The minimum atomic E-state index is 0.895. The van der Waals surface area contributed by atoms with Crippen LogP contribution < -0.4 is 5.32 Å². The van der Waals surface area contributed by atoms with E-state index in [2.05, 4.69) is 42.9 Å². The number of nitrogens with one attached hydrogen (secondary N) is 1. The first-order valence-corrected chi connectivity index (χ1v) is 5.95. The lowest BCUT2D eigenvalue weighted by Gasteiger charge is -2.22. The predicted molar refractivity (Wildman–Crippen MR) is 64.8 cm³/mol. The van der Waals surface area contributed by atoms with Crippen molar-refractivity contribution in [3.05, 3.63) is 41.8 Å². The SMILES string of the molecule is Cc1cccc([CH]CC2CCNCC2)c1. The Morgan fingerprint density at radius 2 is 2.13 bits per heavy atom. The summed E-state index contributed by atoms with van der Waals surface area (Å²) in [5, 5.41) is 3.41. The van der Waals surface area contributed by atoms with Gasteiger partial charge in [-0.15, -0.1) is 0 Å². The van der Waals surface area contributed by atoms with Crippen LogP contribution in [-0.2, 0) is 0 Å². The summed E-state index contributed by atoms with van der Waals surface area (Å²) in [6.45, 7) is 4.56. The molecule has 1 N–H and O–H groups in total. The van der Waals surface area contributed by atoms with E-state index in [-0.39, 0.29) is 0 Å².